The normalized spacial score (nSPS) is 54.4. The molecule has 0 aromatic heterocycles. The summed E-state index contributed by atoms with van der Waals surface area (Å²) in [4.78, 5) is 24.7. The summed E-state index contributed by atoms with van der Waals surface area (Å²) in [5.74, 6) is -0.473. The van der Waals surface area contributed by atoms with Gasteiger partial charge in [-0.3, -0.25) is 0 Å². The molecule has 0 bridgehead atoms. The molecule has 212 valence electrons. The number of carbonyl (C=O) groups is 2. The first kappa shape index (κ1) is 26.8. The summed E-state index contributed by atoms with van der Waals surface area (Å²) in [5.41, 5.74) is -2.60. The highest BCUT2D eigenvalue weighted by Crippen LogP contribution is 2.70. The van der Waals surface area contributed by atoms with Crippen molar-refractivity contribution < 1.29 is 44.2 Å². The molecule has 2 aliphatic heterocycles. The van der Waals surface area contributed by atoms with E-state index in [1.807, 2.05) is 0 Å². The van der Waals surface area contributed by atoms with E-state index in [1.165, 1.54) is 0 Å². The highest BCUT2D eigenvalue weighted by molar-refractivity contribution is 5.85. The average molecular weight is 535 g/mol. The lowest BCUT2D eigenvalue weighted by Gasteiger charge is -2.65. The van der Waals surface area contributed by atoms with Crippen molar-refractivity contribution in [3.8, 4) is 0 Å². The quantitative estimate of drug-likeness (QED) is 0.241. The molecule has 0 aromatic rings. The van der Waals surface area contributed by atoms with Crippen LogP contribution in [0.5, 0.6) is 0 Å². The highest BCUT2D eigenvalue weighted by Gasteiger charge is 2.71. The monoisotopic (exact) mass is 534 g/mol. The number of cyclic esters (lactones) is 1. The minimum atomic E-state index is -1.24. The standard InChI is InChI=1S/C29H42O9/c1-16-25(33)22(31)12-24(37-16)38-18-3-8-27(15-30)20-4-7-26(2)19(17-11-23(32)36-14-17)6-10-29(26,35)21(20)5-9-28(27,34)13-18/h11,15-16,18-22,24-25,31,33-35H,3-10,12-14H2,1-2H3/t16-,18-,19+,20-,21+,22-,24+,25-,26+,27-,28-,29-/m0/s1. The number of fused-ring (bicyclic) bond motifs is 5. The van der Waals surface area contributed by atoms with Crippen molar-refractivity contribution in [2.24, 2.45) is 28.6 Å². The SMILES string of the molecule is C[C@@H]1O[C@H](O[C@H]2CC[C@]3(C=O)[C@H]4CC[C@]5(C)[C@@H](C6=CC(=O)OC6)CC[C@]5(O)[C@@H]4CC[C@]3(O)C2)C[C@H](O)[C@H]1O. The van der Waals surface area contributed by atoms with Crippen LogP contribution in [0.25, 0.3) is 0 Å². The van der Waals surface area contributed by atoms with Gasteiger partial charge in [-0.2, -0.15) is 0 Å². The largest absolute Gasteiger partial charge is 0.458 e. The van der Waals surface area contributed by atoms with E-state index in [0.29, 0.717) is 45.1 Å². The molecule has 4 aliphatic carbocycles. The lowest BCUT2D eigenvalue weighted by atomic mass is 9.41. The summed E-state index contributed by atoms with van der Waals surface area (Å²) in [5, 5.41) is 44.6. The Morgan fingerprint density at radius 3 is 2.50 bits per heavy atom. The fourth-order valence-electron chi connectivity index (χ4n) is 9.76. The van der Waals surface area contributed by atoms with Gasteiger partial charge in [0.1, 0.15) is 19.0 Å². The number of rotatable bonds is 4. The molecule has 2 heterocycles. The summed E-state index contributed by atoms with van der Waals surface area (Å²) in [6.45, 7) is 4.13. The molecular weight excluding hydrogens is 492 g/mol. The van der Waals surface area contributed by atoms with Gasteiger partial charge in [-0.1, -0.05) is 6.92 Å². The van der Waals surface area contributed by atoms with Crippen LogP contribution < -0.4 is 0 Å². The van der Waals surface area contributed by atoms with E-state index in [4.69, 9.17) is 14.2 Å². The Kier molecular flexibility index (Phi) is 6.41. The molecule has 1 saturated heterocycles. The molecule has 0 unspecified atom stereocenters. The maximum Gasteiger partial charge on any atom is 0.331 e. The lowest BCUT2D eigenvalue weighted by Crippen LogP contribution is -2.69. The Morgan fingerprint density at radius 2 is 1.82 bits per heavy atom. The zero-order chi connectivity index (χ0) is 27.1. The maximum atomic E-state index is 12.9. The van der Waals surface area contributed by atoms with Gasteiger partial charge >= 0.3 is 5.97 Å². The highest BCUT2D eigenvalue weighted by atomic mass is 16.7. The number of aliphatic hydroxyl groups excluding tert-OH is 2. The first-order chi connectivity index (χ1) is 18.0. The predicted octanol–water partition coefficient (Wildman–Crippen LogP) is 1.78. The topological polar surface area (TPSA) is 143 Å². The molecule has 6 rings (SSSR count). The Morgan fingerprint density at radius 1 is 1.05 bits per heavy atom. The molecule has 5 fully saturated rings. The number of aldehydes is 1. The third-order valence-electron chi connectivity index (χ3n) is 11.9. The van der Waals surface area contributed by atoms with Crippen LogP contribution in [0, 0.1) is 28.6 Å². The fraction of sp³-hybridized carbons (Fsp3) is 0.862. The van der Waals surface area contributed by atoms with E-state index in [-0.39, 0.29) is 36.2 Å². The smallest absolute Gasteiger partial charge is 0.331 e. The molecule has 4 N–H and O–H groups in total. The van der Waals surface area contributed by atoms with Crippen molar-refractivity contribution >= 4 is 12.3 Å². The molecule has 6 aliphatic rings. The number of hydrogen-bond acceptors (Lipinski definition) is 9. The Bertz CT molecular complexity index is 1000. The second kappa shape index (κ2) is 9.08. The number of ether oxygens (including phenoxy) is 3. The van der Waals surface area contributed by atoms with Crippen LogP contribution in [0.3, 0.4) is 0 Å². The summed E-state index contributed by atoms with van der Waals surface area (Å²) in [6.07, 6.45) is 4.50. The van der Waals surface area contributed by atoms with Gasteiger partial charge in [0.15, 0.2) is 6.29 Å². The van der Waals surface area contributed by atoms with Crippen molar-refractivity contribution in [1.82, 2.24) is 0 Å². The molecular formula is C29H42O9. The summed E-state index contributed by atoms with van der Waals surface area (Å²) in [7, 11) is 0. The number of esters is 1. The van der Waals surface area contributed by atoms with E-state index < -0.39 is 46.6 Å². The predicted molar refractivity (Wildman–Crippen MR) is 133 cm³/mol. The van der Waals surface area contributed by atoms with Crippen molar-refractivity contribution in [3.63, 3.8) is 0 Å². The molecule has 12 atom stereocenters. The van der Waals surface area contributed by atoms with E-state index in [1.54, 1.807) is 13.0 Å². The third-order valence-corrected chi connectivity index (χ3v) is 11.9. The molecule has 38 heavy (non-hydrogen) atoms. The molecule has 0 aromatic carbocycles. The van der Waals surface area contributed by atoms with Crippen molar-refractivity contribution in [1.29, 1.82) is 0 Å². The van der Waals surface area contributed by atoms with Crippen LogP contribution in [0.15, 0.2) is 11.6 Å². The number of carbonyl (C=O) groups excluding carboxylic acids is 2. The third kappa shape index (κ3) is 3.65. The first-order valence-electron chi connectivity index (χ1n) is 14.4. The minimum absolute atomic E-state index is 0.0729. The van der Waals surface area contributed by atoms with Crippen molar-refractivity contribution in [2.45, 2.75) is 120 Å². The van der Waals surface area contributed by atoms with Crippen LogP contribution in [-0.4, -0.2) is 81.2 Å². The Labute approximate surface area is 223 Å². The van der Waals surface area contributed by atoms with E-state index in [9.17, 15) is 30.0 Å². The summed E-state index contributed by atoms with van der Waals surface area (Å²) >= 11 is 0. The van der Waals surface area contributed by atoms with Gasteiger partial charge in [-0.25, -0.2) is 4.79 Å². The Hall–Kier alpha value is -1.36. The van der Waals surface area contributed by atoms with Gasteiger partial charge in [0.25, 0.3) is 0 Å². The Balaban J connectivity index is 1.22. The molecule has 0 spiro atoms. The lowest BCUT2D eigenvalue weighted by molar-refractivity contribution is -0.286. The minimum Gasteiger partial charge on any atom is -0.458 e. The molecule has 0 radical (unpaired) electrons. The second-order valence-electron chi connectivity index (χ2n) is 13.3. The van der Waals surface area contributed by atoms with Gasteiger partial charge in [0.05, 0.1) is 34.9 Å². The molecule has 9 heteroatoms. The van der Waals surface area contributed by atoms with E-state index in [2.05, 4.69) is 6.92 Å². The molecule has 9 nitrogen and oxygen atoms in total. The van der Waals surface area contributed by atoms with Crippen molar-refractivity contribution in [3.05, 3.63) is 11.6 Å². The number of aliphatic hydroxyl groups is 4. The zero-order valence-electron chi connectivity index (χ0n) is 22.4. The van der Waals surface area contributed by atoms with Gasteiger partial charge in [-0.05, 0) is 81.6 Å². The van der Waals surface area contributed by atoms with Gasteiger partial charge in [0, 0.05) is 24.3 Å². The van der Waals surface area contributed by atoms with E-state index in [0.717, 1.165) is 31.1 Å². The molecule has 0 amide bonds. The number of hydrogen-bond donors (Lipinski definition) is 4. The van der Waals surface area contributed by atoms with Crippen molar-refractivity contribution in [2.75, 3.05) is 6.61 Å². The first-order valence-corrected chi connectivity index (χ1v) is 14.4. The summed E-state index contributed by atoms with van der Waals surface area (Å²) in [6, 6.07) is 0. The van der Waals surface area contributed by atoms with Crippen LogP contribution in [0.4, 0.5) is 0 Å². The second-order valence-corrected chi connectivity index (χ2v) is 13.3. The van der Waals surface area contributed by atoms with E-state index >= 15 is 0 Å². The maximum absolute atomic E-state index is 12.9. The van der Waals surface area contributed by atoms with Crippen LogP contribution >= 0.6 is 0 Å². The van der Waals surface area contributed by atoms with Gasteiger partial charge in [-0.15, -0.1) is 0 Å². The zero-order valence-corrected chi connectivity index (χ0v) is 22.4. The van der Waals surface area contributed by atoms with Crippen LogP contribution in [0.2, 0.25) is 0 Å². The summed E-state index contributed by atoms with van der Waals surface area (Å²) < 4.78 is 17.1. The van der Waals surface area contributed by atoms with Gasteiger partial charge < -0.3 is 39.4 Å². The fourth-order valence-corrected chi connectivity index (χ4v) is 9.76. The molecule has 4 saturated carbocycles. The van der Waals surface area contributed by atoms with Gasteiger partial charge in [0.2, 0.25) is 0 Å². The van der Waals surface area contributed by atoms with Crippen LogP contribution in [-0.2, 0) is 23.8 Å². The van der Waals surface area contributed by atoms with Crippen LogP contribution in [0.1, 0.15) is 78.1 Å². The average Bonchev–Trinajstić information content (AvgIpc) is 3.41.